The molecule has 1 nitrogen and oxygen atoms in total. The lowest BCUT2D eigenvalue weighted by atomic mass is 10.6. The highest BCUT2D eigenvalue weighted by Crippen LogP contribution is 2.18. The summed E-state index contributed by atoms with van der Waals surface area (Å²) in [4.78, 5) is 0. The number of halogens is 1. The Morgan fingerprint density at radius 3 is 2.10 bits per heavy atom. The zero-order valence-electron chi connectivity index (χ0n) is 7.45. The Morgan fingerprint density at radius 2 is 1.80 bits per heavy atom. The van der Waals surface area contributed by atoms with Crippen LogP contribution in [-0.4, -0.2) is 18.9 Å². The Kier molecular flexibility index (Phi) is 4.57. The van der Waals surface area contributed by atoms with E-state index in [0.29, 0.717) is 0 Å². The van der Waals surface area contributed by atoms with Gasteiger partial charge in [-0.25, -0.2) is 4.08 Å². The SMILES string of the molecule is CCC[Si](C)(C)N(Cl)CC. The lowest BCUT2D eigenvalue weighted by Crippen LogP contribution is -2.42. The smallest absolute Gasteiger partial charge is 0.140 e. The minimum absolute atomic E-state index is 0.973. The van der Waals surface area contributed by atoms with E-state index in [1.807, 2.05) is 4.08 Å². The third-order valence-electron chi connectivity index (χ3n) is 1.80. The second-order valence-electron chi connectivity index (χ2n) is 3.24. The second kappa shape index (κ2) is 4.37. The summed E-state index contributed by atoms with van der Waals surface area (Å²) in [6, 6.07) is 1.30. The van der Waals surface area contributed by atoms with Crippen LogP contribution in [0.15, 0.2) is 0 Å². The van der Waals surface area contributed by atoms with Crippen molar-refractivity contribution in [3.63, 3.8) is 0 Å². The van der Waals surface area contributed by atoms with E-state index in [2.05, 4.69) is 26.9 Å². The van der Waals surface area contributed by atoms with E-state index in [0.717, 1.165) is 6.54 Å². The minimum atomic E-state index is -1.21. The summed E-state index contributed by atoms with van der Waals surface area (Å²) in [5.41, 5.74) is 0. The van der Waals surface area contributed by atoms with Crippen LogP contribution in [0.3, 0.4) is 0 Å². The van der Waals surface area contributed by atoms with E-state index in [4.69, 9.17) is 11.8 Å². The largest absolute Gasteiger partial charge is 0.243 e. The Morgan fingerprint density at radius 1 is 1.30 bits per heavy atom. The maximum Gasteiger partial charge on any atom is 0.140 e. The first kappa shape index (κ1) is 10.5. The van der Waals surface area contributed by atoms with Gasteiger partial charge in [-0.05, 0) is 17.8 Å². The highest BCUT2D eigenvalue weighted by Gasteiger charge is 2.25. The van der Waals surface area contributed by atoms with Crippen molar-refractivity contribution in [2.75, 3.05) is 6.54 Å². The van der Waals surface area contributed by atoms with Gasteiger partial charge >= 0.3 is 0 Å². The molecule has 0 fully saturated rings. The van der Waals surface area contributed by atoms with Crippen molar-refractivity contribution in [2.24, 2.45) is 0 Å². The van der Waals surface area contributed by atoms with Crippen molar-refractivity contribution in [1.29, 1.82) is 0 Å². The first-order valence-electron chi connectivity index (χ1n) is 3.98. The van der Waals surface area contributed by atoms with Crippen molar-refractivity contribution in [3.8, 4) is 0 Å². The molecule has 0 aliphatic heterocycles. The minimum Gasteiger partial charge on any atom is -0.243 e. The Balaban J connectivity index is 3.82. The third-order valence-corrected chi connectivity index (χ3v) is 6.76. The fourth-order valence-electron chi connectivity index (χ4n) is 1.16. The van der Waals surface area contributed by atoms with Gasteiger partial charge in [0, 0.05) is 6.54 Å². The standard InChI is InChI=1S/C7H18ClNSi/c1-5-7-10(3,4)9(8)6-2/h5-7H2,1-4H3. The quantitative estimate of drug-likeness (QED) is 0.474. The molecule has 0 saturated carbocycles. The molecule has 0 amide bonds. The summed E-state index contributed by atoms with van der Waals surface area (Å²) in [5.74, 6) is 0. The number of hydrogen-bond donors (Lipinski definition) is 0. The van der Waals surface area contributed by atoms with Gasteiger partial charge in [-0.2, -0.15) is 0 Å². The van der Waals surface area contributed by atoms with Crippen LogP contribution < -0.4 is 0 Å². The van der Waals surface area contributed by atoms with E-state index in [1.165, 1.54) is 12.5 Å². The zero-order chi connectivity index (χ0) is 8.20. The number of rotatable bonds is 4. The molecule has 0 spiro atoms. The lowest BCUT2D eigenvalue weighted by molar-refractivity contribution is 0.683. The molecular weight excluding hydrogens is 162 g/mol. The predicted octanol–water partition coefficient (Wildman–Crippen LogP) is 3.08. The van der Waals surface area contributed by atoms with Gasteiger partial charge in [0.15, 0.2) is 0 Å². The summed E-state index contributed by atoms with van der Waals surface area (Å²) in [6.07, 6.45) is 1.25. The van der Waals surface area contributed by atoms with Crippen LogP contribution in [0.5, 0.6) is 0 Å². The van der Waals surface area contributed by atoms with Crippen molar-refractivity contribution in [1.82, 2.24) is 4.08 Å². The molecule has 0 aliphatic rings. The van der Waals surface area contributed by atoms with Gasteiger partial charge in [-0.3, -0.25) is 0 Å². The average molecular weight is 180 g/mol. The summed E-state index contributed by atoms with van der Waals surface area (Å²) in [7, 11) is -1.21. The molecule has 3 heteroatoms. The van der Waals surface area contributed by atoms with Crippen LogP contribution >= 0.6 is 11.8 Å². The molecule has 0 atom stereocenters. The summed E-state index contributed by atoms with van der Waals surface area (Å²) >= 11 is 6.03. The van der Waals surface area contributed by atoms with Gasteiger partial charge in [0.1, 0.15) is 8.24 Å². The summed E-state index contributed by atoms with van der Waals surface area (Å²) in [5, 5.41) is 0. The van der Waals surface area contributed by atoms with Crippen LogP contribution in [-0.2, 0) is 0 Å². The molecule has 0 radical (unpaired) electrons. The predicted molar refractivity (Wildman–Crippen MR) is 50.8 cm³/mol. The average Bonchev–Trinajstić information content (AvgIpc) is 1.86. The summed E-state index contributed by atoms with van der Waals surface area (Å²) in [6.45, 7) is 9.92. The molecule has 0 aromatic rings. The highest BCUT2D eigenvalue weighted by molar-refractivity contribution is 6.78. The van der Waals surface area contributed by atoms with E-state index in [1.54, 1.807) is 0 Å². The van der Waals surface area contributed by atoms with E-state index < -0.39 is 8.24 Å². The summed E-state index contributed by atoms with van der Waals surface area (Å²) < 4.78 is 2.01. The molecule has 0 N–H and O–H groups in total. The molecule has 0 aromatic carbocycles. The molecule has 62 valence electrons. The van der Waals surface area contributed by atoms with E-state index in [9.17, 15) is 0 Å². The lowest BCUT2D eigenvalue weighted by Gasteiger charge is -2.29. The van der Waals surface area contributed by atoms with Crippen LogP contribution in [0.2, 0.25) is 19.1 Å². The maximum absolute atomic E-state index is 6.03. The third kappa shape index (κ3) is 3.04. The van der Waals surface area contributed by atoms with Gasteiger partial charge in [0.25, 0.3) is 0 Å². The first-order chi connectivity index (χ1) is 4.54. The molecule has 0 bridgehead atoms. The fraction of sp³-hybridized carbons (Fsp3) is 1.00. The van der Waals surface area contributed by atoms with Crippen molar-refractivity contribution >= 4 is 20.0 Å². The van der Waals surface area contributed by atoms with E-state index in [-0.39, 0.29) is 0 Å². The van der Waals surface area contributed by atoms with Crippen LogP contribution in [0.4, 0.5) is 0 Å². The molecule has 0 unspecified atom stereocenters. The highest BCUT2D eigenvalue weighted by atomic mass is 35.5. The monoisotopic (exact) mass is 179 g/mol. The van der Waals surface area contributed by atoms with Crippen molar-refractivity contribution in [3.05, 3.63) is 0 Å². The molecule has 0 heterocycles. The van der Waals surface area contributed by atoms with Crippen LogP contribution in [0.25, 0.3) is 0 Å². The normalized spacial score (nSPS) is 12.6. The van der Waals surface area contributed by atoms with Crippen molar-refractivity contribution in [2.45, 2.75) is 39.4 Å². The number of nitrogens with zero attached hydrogens (tertiary/aromatic N) is 1. The molecule has 0 saturated heterocycles. The van der Waals surface area contributed by atoms with Gasteiger partial charge in [-0.15, -0.1) is 0 Å². The number of hydrogen-bond acceptors (Lipinski definition) is 1. The van der Waals surface area contributed by atoms with Gasteiger partial charge < -0.3 is 0 Å². The first-order valence-corrected chi connectivity index (χ1v) is 7.47. The van der Waals surface area contributed by atoms with Crippen LogP contribution in [0, 0.1) is 0 Å². The van der Waals surface area contributed by atoms with Gasteiger partial charge in [0.05, 0.1) is 0 Å². The Labute approximate surface area is 70.6 Å². The zero-order valence-corrected chi connectivity index (χ0v) is 9.20. The van der Waals surface area contributed by atoms with Crippen LogP contribution in [0.1, 0.15) is 20.3 Å². The van der Waals surface area contributed by atoms with Gasteiger partial charge in [-0.1, -0.05) is 33.4 Å². The topological polar surface area (TPSA) is 3.24 Å². The maximum atomic E-state index is 6.03. The Bertz CT molecular complexity index is 95.6. The molecular formula is C7H18ClNSi. The molecule has 0 aromatic heterocycles. The second-order valence-corrected chi connectivity index (χ2v) is 8.60. The molecule has 0 aliphatic carbocycles. The van der Waals surface area contributed by atoms with Crippen molar-refractivity contribution < 1.29 is 0 Å². The molecule has 10 heavy (non-hydrogen) atoms. The fourth-order valence-corrected chi connectivity index (χ4v) is 3.74. The molecule has 0 rings (SSSR count). The Hall–Kier alpha value is 0.467. The van der Waals surface area contributed by atoms with Gasteiger partial charge in [0.2, 0.25) is 0 Å². The van der Waals surface area contributed by atoms with E-state index >= 15 is 0 Å².